The fraction of sp³-hybridized carbons (Fsp3) is 0.0667. The lowest BCUT2D eigenvalue weighted by Gasteiger charge is -2.10. The molecule has 0 bridgehead atoms. The van der Waals surface area contributed by atoms with E-state index in [1.807, 2.05) is 42.5 Å². The third-order valence-corrected chi connectivity index (χ3v) is 4.03. The number of benzodiazepines with no additional fused rings is 1. The van der Waals surface area contributed by atoms with E-state index in [-0.39, 0.29) is 12.5 Å². The van der Waals surface area contributed by atoms with E-state index in [1.165, 1.54) is 0 Å². The topological polar surface area (TPSA) is 41.5 Å². The van der Waals surface area contributed by atoms with Crippen LogP contribution in [0.25, 0.3) is 0 Å². The Hall–Kier alpha value is -1.46. The quantitative estimate of drug-likeness (QED) is 0.781. The molecule has 2 aromatic rings. The molecule has 0 spiro atoms. The normalized spacial score (nSPS) is 14.1. The van der Waals surface area contributed by atoms with E-state index in [0.717, 1.165) is 31.5 Å². The highest BCUT2D eigenvalue weighted by Crippen LogP contribution is 2.26. The summed E-state index contributed by atoms with van der Waals surface area (Å²) in [5.74, 6) is -0.0966. The Morgan fingerprint density at radius 2 is 1.70 bits per heavy atom. The molecule has 0 radical (unpaired) electrons. The summed E-state index contributed by atoms with van der Waals surface area (Å²) in [5, 5.41) is 2.88. The number of hydrogen-bond acceptors (Lipinski definition) is 2. The van der Waals surface area contributed by atoms with Gasteiger partial charge in [0.05, 0.1) is 11.4 Å². The second-order valence-corrected chi connectivity index (χ2v) is 6.24. The molecular formula is C15H10Br2N2O. The molecule has 100 valence electrons. The molecule has 2 aromatic carbocycles. The largest absolute Gasteiger partial charge is 0.324 e. The fourth-order valence-electron chi connectivity index (χ4n) is 2.10. The van der Waals surface area contributed by atoms with Gasteiger partial charge in [0, 0.05) is 20.1 Å². The van der Waals surface area contributed by atoms with Crippen LogP contribution in [0, 0.1) is 0 Å². The molecule has 5 heteroatoms. The number of carbonyl (C=O) groups is 1. The molecule has 0 aromatic heterocycles. The Labute approximate surface area is 133 Å². The highest BCUT2D eigenvalue weighted by molar-refractivity contribution is 9.10. The van der Waals surface area contributed by atoms with Crippen molar-refractivity contribution in [2.75, 3.05) is 11.9 Å². The van der Waals surface area contributed by atoms with E-state index in [1.54, 1.807) is 0 Å². The molecule has 1 N–H and O–H groups in total. The Balaban J connectivity index is 2.17. The van der Waals surface area contributed by atoms with Gasteiger partial charge in [0.2, 0.25) is 5.91 Å². The van der Waals surface area contributed by atoms with Crippen LogP contribution in [0.2, 0.25) is 0 Å². The van der Waals surface area contributed by atoms with Gasteiger partial charge in [-0.1, -0.05) is 44.0 Å². The summed E-state index contributed by atoms with van der Waals surface area (Å²) in [5.41, 5.74) is 3.53. The van der Waals surface area contributed by atoms with Gasteiger partial charge in [0.15, 0.2) is 0 Å². The molecule has 1 amide bonds. The average Bonchev–Trinajstić information content (AvgIpc) is 2.58. The van der Waals surface area contributed by atoms with E-state index in [2.05, 4.69) is 42.2 Å². The Morgan fingerprint density at radius 1 is 1.00 bits per heavy atom. The molecule has 20 heavy (non-hydrogen) atoms. The first kappa shape index (κ1) is 13.5. The maximum Gasteiger partial charge on any atom is 0.246 e. The van der Waals surface area contributed by atoms with Crippen LogP contribution in [0.5, 0.6) is 0 Å². The van der Waals surface area contributed by atoms with Crippen molar-refractivity contribution in [3.63, 3.8) is 0 Å². The molecular weight excluding hydrogens is 384 g/mol. The molecule has 0 saturated carbocycles. The van der Waals surface area contributed by atoms with Gasteiger partial charge in [-0.25, -0.2) is 0 Å². The summed E-state index contributed by atoms with van der Waals surface area (Å²) >= 11 is 6.89. The van der Waals surface area contributed by atoms with Crippen LogP contribution in [0.15, 0.2) is 56.4 Å². The Kier molecular flexibility index (Phi) is 3.72. The predicted molar refractivity (Wildman–Crippen MR) is 87.4 cm³/mol. The van der Waals surface area contributed by atoms with E-state index in [9.17, 15) is 4.79 Å². The first-order chi connectivity index (χ1) is 9.63. The predicted octanol–water partition coefficient (Wildman–Crippen LogP) is 4.00. The van der Waals surface area contributed by atoms with Crippen LogP contribution in [-0.4, -0.2) is 18.2 Å². The smallest absolute Gasteiger partial charge is 0.246 e. The van der Waals surface area contributed by atoms with Crippen molar-refractivity contribution >= 4 is 49.2 Å². The van der Waals surface area contributed by atoms with Crippen molar-refractivity contribution < 1.29 is 4.79 Å². The molecule has 0 fully saturated rings. The number of nitrogens with zero attached hydrogens (tertiary/aromatic N) is 1. The lowest BCUT2D eigenvalue weighted by molar-refractivity contribution is -0.114. The molecule has 1 aliphatic heterocycles. The van der Waals surface area contributed by atoms with Crippen LogP contribution in [0.1, 0.15) is 11.1 Å². The van der Waals surface area contributed by atoms with Crippen LogP contribution >= 0.6 is 31.9 Å². The van der Waals surface area contributed by atoms with Crippen molar-refractivity contribution in [3.05, 3.63) is 62.5 Å². The average molecular weight is 394 g/mol. The summed E-state index contributed by atoms with van der Waals surface area (Å²) in [6, 6.07) is 13.7. The summed E-state index contributed by atoms with van der Waals surface area (Å²) in [6.07, 6.45) is 0. The molecule has 0 saturated heterocycles. The van der Waals surface area contributed by atoms with Gasteiger partial charge in [-0.3, -0.25) is 9.79 Å². The number of hydrogen-bond donors (Lipinski definition) is 1. The standard InChI is InChI=1S/C15H10Br2N2O/c16-10-3-1-9(2-4-10)15-12-7-11(17)5-6-13(12)19-14(20)8-18-15/h1-7H,8H2,(H,19,20). The van der Waals surface area contributed by atoms with E-state index >= 15 is 0 Å². The molecule has 1 aliphatic rings. The highest BCUT2D eigenvalue weighted by atomic mass is 79.9. The molecule has 0 atom stereocenters. The summed E-state index contributed by atoms with van der Waals surface area (Å²) < 4.78 is 1.97. The number of amides is 1. The van der Waals surface area contributed by atoms with E-state index < -0.39 is 0 Å². The Bertz CT molecular complexity index is 708. The lowest BCUT2D eigenvalue weighted by atomic mass is 10.0. The molecule has 0 aliphatic carbocycles. The monoisotopic (exact) mass is 392 g/mol. The number of rotatable bonds is 1. The number of anilines is 1. The van der Waals surface area contributed by atoms with Crippen LogP contribution < -0.4 is 5.32 Å². The first-order valence-corrected chi connectivity index (χ1v) is 7.62. The summed E-state index contributed by atoms with van der Waals surface area (Å²) in [4.78, 5) is 16.2. The Morgan fingerprint density at radius 3 is 2.45 bits per heavy atom. The summed E-state index contributed by atoms with van der Waals surface area (Å²) in [7, 11) is 0. The molecule has 1 heterocycles. The minimum atomic E-state index is -0.0966. The van der Waals surface area contributed by atoms with Crippen LogP contribution in [-0.2, 0) is 4.79 Å². The van der Waals surface area contributed by atoms with Gasteiger partial charge in [0.1, 0.15) is 6.54 Å². The maximum atomic E-state index is 11.7. The first-order valence-electron chi connectivity index (χ1n) is 6.03. The van der Waals surface area contributed by atoms with Gasteiger partial charge < -0.3 is 5.32 Å². The SMILES string of the molecule is O=C1CN=C(c2ccc(Br)cc2)c2cc(Br)ccc2N1. The third kappa shape index (κ3) is 2.69. The van der Waals surface area contributed by atoms with Gasteiger partial charge in [-0.05, 0) is 30.3 Å². The number of fused-ring (bicyclic) bond motifs is 1. The zero-order valence-electron chi connectivity index (χ0n) is 10.4. The van der Waals surface area contributed by atoms with Gasteiger partial charge in [0.25, 0.3) is 0 Å². The number of nitrogens with one attached hydrogen (secondary N) is 1. The van der Waals surface area contributed by atoms with Gasteiger partial charge in [-0.2, -0.15) is 0 Å². The molecule has 3 rings (SSSR count). The zero-order valence-corrected chi connectivity index (χ0v) is 13.5. The van der Waals surface area contributed by atoms with Crippen molar-refractivity contribution in [1.29, 1.82) is 0 Å². The van der Waals surface area contributed by atoms with Crippen molar-refractivity contribution in [2.24, 2.45) is 4.99 Å². The van der Waals surface area contributed by atoms with E-state index in [4.69, 9.17) is 0 Å². The summed E-state index contributed by atoms with van der Waals surface area (Å²) in [6.45, 7) is 0.137. The molecule has 0 unspecified atom stereocenters. The zero-order chi connectivity index (χ0) is 14.1. The van der Waals surface area contributed by atoms with Crippen molar-refractivity contribution in [2.45, 2.75) is 0 Å². The third-order valence-electron chi connectivity index (χ3n) is 3.01. The number of aliphatic imine (C=N–C) groups is 1. The number of carbonyl (C=O) groups excluding carboxylic acids is 1. The fourth-order valence-corrected chi connectivity index (χ4v) is 2.73. The number of halogens is 2. The second-order valence-electron chi connectivity index (χ2n) is 4.41. The highest BCUT2D eigenvalue weighted by Gasteiger charge is 2.18. The minimum absolute atomic E-state index is 0.0966. The van der Waals surface area contributed by atoms with Gasteiger partial charge >= 0.3 is 0 Å². The lowest BCUT2D eigenvalue weighted by Crippen LogP contribution is -2.13. The molecule has 3 nitrogen and oxygen atoms in total. The van der Waals surface area contributed by atoms with Crippen LogP contribution in [0.4, 0.5) is 5.69 Å². The minimum Gasteiger partial charge on any atom is -0.324 e. The van der Waals surface area contributed by atoms with Crippen molar-refractivity contribution in [3.8, 4) is 0 Å². The van der Waals surface area contributed by atoms with Crippen molar-refractivity contribution in [1.82, 2.24) is 0 Å². The van der Waals surface area contributed by atoms with E-state index in [0.29, 0.717) is 0 Å². The maximum absolute atomic E-state index is 11.7. The van der Waals surface area contributed by atoms with Gasteiger partial charge in [-0.15, -0.1) is 0 Å². The number of benzene rings is 2. The second kappa shape index (κ2) is 5.50. The van der Waals surface area contributed by atoms with Crippen LogP contribution in [0.3, 0.4) is 0 Å².